The van der Waals surface area contributed by atoms with Crippen molar-refractivity contribution in [3.05, 3.63) is 65.5 Å². The number of carbonyl (C=O) groups excluding carboxylic acids is 2. The minimum absolute atomic E-state index is 0.00171. The first kappa shape index (κ1) is 18.1. The summed E-state index contributed by atoms with van der Waals surface area (Å²) in [6.45, 7) is 7.69. The number of pyridine rings is 1. The molecule has 0 radical (unpaired) electrons. The number of allylic oxidation sites excluding steroid dienone is 6. The lowest BCUT2D eigenvalue weighted by atomic mass is 9.80. The minimum Gasteiger partial charge on any atom is -0.299 e. The van der Waals surface area contributed by atoms with E-state index in [2.05, 4.69) is 11.1 Å². The molecule has 0 aromatic carbocycles. The van der Waals surface area contributed by atoms with E-state index in [1.807, 2.05) is 58.1 Å². The fraction of sp³-hybridized carbons (Fsp3) is 0.381. The predicted octanol–water partition coefficient (Wildman–Crippen LogP) is 4.57. The molecule has 1 aromatic rings. The maximum atomic E-state index is 13.1. The van der Waals surface area contributed by atoms with E-state index < -0.39 is 11.3 Å². The highest BCUT2D eigenvalue weighted by molar-refractivity contribution is 6.05. The first-order valence-electron chi connectivity index (χ1n) is 8.31. The maximum absolute atomic E-state index is 13.1. The van der Waals surface area contributed by atoms with E-state index in [1.165, 1.54) is 0 Å². The summed E-state index contributed by atoms with van der Waals surface area (Å²) < 4.78 is 0. The highest BCUT2D eigenvalue weighted by atomic mass is 16.1. The fourth-order valence-electron chi connectivity index (χ4n) is 2.56. The van der Waals surface area contributed by atoms with Crippen LogP contribution in [0.15, 0.2) is 60.0 Å². The summed E-state index contributed by atoms with van der Waals surface area (Å²) in [4.78, 5) is 29.7. The van der Waals surface area contributed by atoms with Crippen LogP contribution in [-0.2, 0) is 9.59 Å². The van der Waals surface area contributed by atoms with Crippen molar-refractivity contribution in [2.45, 2.75) is 46.5 Å². The largest absolute Gasteiger partial charge is 0.299 e. The summed E-state index contributed by atoms with van der Waals surface area (Å²) >= 11 is 0. The number of rotatable bonds is 5. The maximum Gasteiger partial charge on any atom is 0.170 e. The van der Waals surface area contributed by atoms with Crippen molar-refractivity contribution in [3.63, 3.8) is 0 Å². The second-order valence-electron chi connectivity index (χ2n) is 7.25. The highest BCUT2D eigenvalue weighted by Gasteiger charge is 2.30. The van der Waals surface area contributed by atoms with Gasteiger partial charge in [0, 0.05) is 29.8 Å². The van der Waals surface area contributed by atoms with Gasteiger partial charge in [0.25, 0.3) is 0 Å². The monoisotopic (exact) mass is 323 g/mol. The van der Waals surface area contributed by atoms with Crippen LogP contribution in [0.25, 0.3) is 0 Å². The molecular weight excluding hydrogens is 298 g/mol. The highest BCUT2D eigenvalue weighted by Crippen LogP contribution is 2.29. The van der Waals surface area contributed by atoms with Gasteiger partial charge in [0.1, 0.15) is 5.78 Å². The number of aromatic nitrogens is 1. The van der Waals surface area contributed by atoms with Crippen molar-refractivity contribution in [1.82, 2.24) is 4.98 Å². The zero-order chi connectivity index (χ0) is 17.7. The van der Waals surface area contributed by atoms with Gasteiger partial charge in [-0.1, -0.05) is 50.6 Å². The first-order valence-corrected chi connectivity index (χ1v) is 8.31. The molecule has 0 saturated heterocycles. The zero-order valence-electron chi connectivity index (χ0n) is 14.9. The van der Waals surface area contributed by atoms with E-state index in [4.69, 9.17) is 0 Å². The van der Waals surface area contributed by atoms with E-state index in [0.29, 0.717) is 5.57 Å². The number of carbonyl (C=O) groups is 2. The Morgan fingerprint density at radius 3 is 2.42 bits per heavy atom. The molecule has 1 aliphatic carbocycles. The van der Waals surface area contributed by atoms with E-state index in [-0.39, 0.29) is 18.0 Å². The van der Waals surface area contributed by atoms with E-state index in [1.54, 1.807) is 12.4 Å². The molecule has 126 valence electrons. The third kappa shape index (κ3) is 4.60. The molecule has 3 heteroatoms. The van der Waals surface area contributed by atoms with Crippen molar-refractivity contribution < 1.29 is 9.59 Å². The standard InChI is InChI=1S/C21H25NO2/c1-15-6-5-7-17(9-8-15)20(24)18(14-19(23)21(2,3)4)16-10-12-22-13-11-16/h6-13,18H,5,14H2,1-4H3. The van der Waals surface area contributed by atoms with Gasteiger partial charge < -0.3 is 0 Å². The number of hydrogen-bond donors (Lipinski definition) is 0. The molecule has 0 bridgehead atoms. The summed E-state index contributed by atoms with van der Waals surface area (Å²) in [5, 5.41) is 0. The molecule has 2 rings (SSSR count). The third-order valence-electron chi connectivity index (χ3n) is 4.24. The van der Waals surface area contributed by atoms with Gasteiger partial charge in [-0.3, -0.25) is 14.6 Å². The van der Waals surface area contributed by atoms with Crippen LogP contribution < -0.4 is 0 Å². The van der Waals surface area contributed by atoms with Crippen LogP contribution in [-0.4, -0.2) is 16.6 Å². The van der Waals surface area contributed by atoms with Crippen LogP contribution in [0.1, 0.15) is 52.0 Å². The lowest BCUT2D eigenvalue weighted by Crippen LogP contribution is -2.26. The van der Waals surface area contributed by atoms with Crippen molar-refractivity contribution in [2.24, 2.45) is 5.41 Å². The van der Waals surface area contributed by atoms with Crippen molar-refractivity contribution >= 4 is 11.6 Å². The Balaban J connectivity index is 2.32. The van der Waals surface area contributed by atoms with Gasteiger partial charge in [-0.25, -0.2) is 0 Å². The molecule has 3 nitrogen and oxygen atoms in total. The fourth-order valence-corrected chi connectivity index (χ4v) is 2.56. The van der Waals surface area contributed by atoms with Crippen LogP contribution in [0.2, 0.25) is 0 Å². The second kappa shape index (κ2) is 7.52. The normalized spacial score (nSPS) is 16.0. The number of Topliss-reactive ketones (excluding diaryl/α,β-unsaturated/α-hetero) is 2. The minimum atomic E-state index is -0.464. The van der Waals surface area contributed by atoms with Crippen LogP contribution in [0, 0.1) is 5.41 Å². The molecule has 1 aromatic heterocycles. The molecule has 0 fully saturated rings. The van der Waals surface area contributed by atoms with Crippen molar-refractivity contribution in [3.8, 4) is 0 Å². The molecule has 0 saturated carbocycles. The molecule has 1 unspecified atom stereocenters. The molecule has 1 atom stereocenters. The Morgan fingerprint density at radius 2 is 1.79 bits per heavy atom. The van der Waals surface area contributed by atoms with Gasteiger partial charge in [0.15, 0.2) is 5.78 Å². The Labute approximate surface area is 144 Å². The Hall–Kier alpha value is -2.29. The smallest absolute Gasteiger partial charge is 0.170 e. The van der Waals surface area contributed by atoms with Gasteiger partial charge in [0.05, 0.1) is 5.92 Å². The van der Waals surface area contributed by atoms with E-state index >= 15 is 0 Å². The summed E-state index contributed by atoms with van der Waals surface area (Å²) in [6.07, 6.45) is 12.1. The number of ketones is 2. The van der Waals surface area contributed by atoms with Gasteiger partial charge in [-0.15, -0.1) is 0 Å². The quantitative estimate of drug-likeness (QED) is 0.797. The summed E-state index contributed by atoms with van der Waals surface area (Å²) in [7, 11) is 0. The Bertz CT molecular complexity index is 703. The van der Waals surface area contributed by atoms with E-state index in [0.717, 1.165) is 17.6 Å². The Morgan fingerprint density at radius 1 is 1.12 bits per heavy atom. The van der Waals surface area contributed by atoms with E-state index in [9.17, 15) is 9.59 Å². The van der Waals surface area contributed by atoms with Gasteiger partial charge in [-0.05, 0) is 31.0 Å². The van der Waals surface area contributed by atoms with Gasteiger partial charge >= 0.3 is 0 Å². The summed E-state index contributed by atoms with van der Waals surface area (Å²) in [6, 6.07) is 3.64. The van der Waals surface area contributed by atoms with Crippen molar-refractivity contribution in [2.75, 3.05) is 0 Å². The predicted molar refractivity (Wildman–Crippen MR) is 96.7 cm³/mol. The average Bonchev–Trinajstić information content (AvgIpc) is 2.76. The van der Waals surface area contributed by atoms with Crippen LogP contribution in [0.4, 0.5) is 0 Å². The van der Waals surface area contributed by atoms with Crippen LogP contribution >= 0.6 is 0 Å². The lowest BCUT2D eigenvalue weighted by Gasteiger charge is -2.22. The molecule has 0 aliphatic heterocycles. The first-order chi connectivity index (χ1) is 11.3. The molecule has 0 N–H and O–H groups in total. The molecule has 1 heterocycles. The number of nitrogens with zero attached hydrogens (tertiary/aromatic N) is 1. The van der Waals surface area contributed by atoms with Gasteiger partial charge in [-0.2, -0.15) is 0 Å². The third-order valence-corrected chi connectivity index (χ3v) is 4.24. The van der Waals surface area contributed by atoms with Crippen LogP contribution in [0.3, 0.4) is 0 Å². The average molecular weight is 323 g/mol. The van der Waals surface area contributed by atoms with Gasteiger partial charge in [0.2, 0.25) is 0 Å². The topological polar surface area (TPSA) is 47.0 Å². The van der Waals surface area contributed by atoms with Crippen LogP contribution in [0.5, 0.6) is 0 Å². The molecule has 1 aliphatic rings. The molecule has 24 heavy (non-hydrogen) atoms. The zero-order valence-corrected chi connectivity index (χ0v) is 14.9. The molecule has 0 amide bonds. The summed E-state index contributed by atoms with van der Waals surface area (Å²) in [5.41, 5.74) is 2.19. The SMILES string of the molecule is CC1=CCC=C(C(=O)C(CC(=O)C(C)(C)C)c2ccncc2)C=C1. The molecule has 0 spiro atoms. The Kier molecular flexibility index (Phi) is 5.66. The number of hydrogen-bond acceptors (Lipinski definition) is 3. The lowest BCUT2D eigenvalue weighted by molar-refractivity contribution is -0.129. The van der Waals surface area contributed by atoms with Crippen molar-refractivity contribution in [1.29, 1.82) is 0 Å². The second-order valence-corrected chi connectivity index (χ2v) is 7.25. The summed E-state index contributed by atoms with van der Waals surface area (Å²) in [5.74, 6) is -0.377. The molecular formula is C21H25NO2.